The Morgan fingerprint density at radius 1 is 1.23 bits per heavy atom. The van der Waals surface area contributed by atoms with Crippen LogP contribution in [0.4, 0.5) is 0 Å². The van der Waals surface area contributed by atoms with Crippen LogP contribution in [0.1, 0.15) is 32.1 Å². The van der Waals surface area contributed by atoms with E-state index in [1.54, 1.807) is 0 Å². The van der Waals surface area contributed by atoms with Gasteiger partial charge in [-0.05, 0) is 32.1 Å². The van der Waals surface area contributed by atoms with Gasteiger partial charge in [-0.15, -0.1) is 0 Å². The molecule has 0 radical (unpaired) electrons. The highest BCUT2D eigenvalue weighted by Gasteiger charge is 2.27. The number of thioether (sulfide) groups is 1. The second-order valence-corrected chi connectivity index (χ2v) is 5.28. The van der Waals surface area contributed by atoms with Gasteiger partial charge in [0.1, 0.15) is 0 Å². The van der Waals surface area contributed by atoms with Crippen molar-refractivity contribution in [1.29, 1.82) is 0 Å². The molecule has 1 saturated carbocycles. The fourth-order valence-electron chi connectivity index (χ4n) is 2.11. The van der Waals surface area contributed by atoms with Crippen LogP contribution >= 0.6 is 11.8 Å². The highest BCUT2D eigenvalue weighted by Crippen LogP contribution is 2.31. The molecule has 1 aliphatic heterocycles. The summed E-state index contributed by atoms with van der Waals surface area (Å²) in [6.45, 7) is 0.943. The van der Waals surface area contributed by atoms with Gasteiger partial charge in [0.2, 0.25) is 0 Å². The van der Waals surface area contributed by atoms with Gasteiger partial charge >= 0.3 is 0 Å². The Balaban J connectivity index is 1.66. The van der Waals surface area contributed by atoms with Crippen LogP contribution in [0, 0.1) is 0 Å². The molecule has 0 bridgehead atoms. The zero-order valence-electron chi connectivity index (χ0n) is 7.95. The van der Waals surface area contributed by atoms with Crippen molar-refractivity contribution in [1.82, 2.24) is 0 Å². The zero-order chi connectivity index (χ0) is 9.10. The minimum absolute atomic E-state index is 0.0496. The van der Waals surface area contributed by atoms with E-state index in [9.17, 15) is 5.11 Å². The van der Waals surface area contributed by atoms with Gasteiger partial charge in [-0.1, -0.05) is 0 Å². The topological polar surface area (TPSA) is 29.5 Å². The van der Waals surface area contributed by atoms with Crippen LogP contribution < -0.4 is 0 Å². The van der Waals surface area contributed by atoms with Crippen LogP contribution in [0.5, 0.6) is 0 Å². The lowest BCUT2D eigenvalue weighted by Gasteiger charge is -2.16. The number of ether oxygens (including phenoxy) is 1. The Kier molecular flexibility index (Phi) is 3.52. The van der Waals surface area contributed by atoms with Gasteiger partial charge in [0, 0.05) is 17.6 Å². The summed E-state index contributed by atoms with van der Waals surface area (Å²) in [5, 5.41) is 10.1. The maximum absolute atomic E-state index is 9.60. The summed E-state index contributed by atoms with van der Waals surface area (Å²) < 4.78 is 5.55. The van der Waals surface area contributed by atoms with Crippen LogP contribution in [0.15, 0.2) is 0 Å². The third kappa shape index (κ3) is 2.61. The van der Waals surface area contributed by atoms with Crippen molar-refractivity contribution < 1.29 is 9.84 Å². The van der Waals surface area contributed by atoms with E-state index in [1.807, 2.05) is 11.8 Å². The number of hydrogen-bond acceptors (Lipinski definition) is 3. The first-order valence-corrected chi connectivity index (χ1v) is 6.32. The quantitative estimate of drug-likeness (QED) is 0.757. The average molecular weight is 202 g/mol. The third-order valence-electron chi connectivity index (χ3n) is 2.94. The molecule has 2 rings (SSSR count). The molecule has 0 aromatic carbocycles. The van der Waals surface area contributed by atoms with Crippen LogP contribution in [-0.4, -0.2) is 34.9 Å². The second-order valence-electron chi connectivity index (χ2n) is 4.01. The number of aliphatic hydroxyl groups excluding tert-OH is 1. The number of aliphatic hydroxyl groups is 1. The first kappa shape index (κ1) is 9.81. The van der Waals surface area contributed by atoms with Crippen LogP contribution in [-0.2, 0) is 4.74 Å². The predicted octanol–water partition coefficient (Wildman–Crippen LogP) is 1.81. The van der Waals surface area contributed by atoms with Crippen LogP contribution in [0.3, 0.4) is 0 Å². The summed E-state index contributed by atoms with van der Waals surface area (Å²) in [4.78, 5) is 0. The summed E-state index contributed by atoms with van der Waals surface area (Å²) >= 11 is 1.91. The van der Waals surface area contributed by atoms with Gasteiger partial charge < -0.3 is 9.84 Å². The molecule has 1 N–H and O–H groups in total. The fourth-order valence-corrected chi connectivity index (χ4v) is 3.52. The van der Waals surface area contributed by atoms with Crippen molar-refractivity contribution in [3.63, 3.8) is 0 Å². The van der Waals surface area contributed by atoms with Gasteiger partial charge in [0.25, 0.3) is 0 Å². The monoisotopic (exact) mass is 202 g/mol. The van der Waals surface area contributed by atoms with E-state index >= 15 is 0 Å². The molecule has 3 atom stereocenters. The van der Waals surface area contributed by atoms with Crippen molar-refractivity contribution in [2.24, 2.45) is 0 Å². The molecule has 0 aromatic heterocycles. The average Bonchev–Trinajstić information content (AvgIpc) is 2.72. The molecule has 1 saturated heterocycles. The summed E-state index contributed by atoms with van der Waals surface area (Å²) in [5.74, 6) is 1.09. The molecule has 2 aliphatic rings. The SMILES string of the molecule is O[C@@H]1CCC[C@H]1SCC1CCCO1. The minimum atomic E-state index is -0.0496. The van der Waals surface area contributed by atoms with E-state index in [0.717, 1.165) is 18.8 Å². The summed E-state index contributed by atoms with van der Waals surface area (Å²) in [5.41, 5.74) is 0. The first-order valence-electron chi connectivity index (χ1n) is 5.27. The normalized spacial score (nSPS) is 39.9. The van der Waals surface area contributed by atoms with E-state index < -0.39 is 0 Å². The number of hydrogen-bond donors (Lipinski definition) is 1. The summed E-state index contributed by atoms with van der Waals surface area (Å²) in [6.07, 6.45) is 6.25. The maximum atomic E-state index is 9.60. The Hall–Kier alpha value is 0.270. The van der Waals surface area contributed by atoms with E-state index in [-0.39, 0.29) is 6.10 Å². The van der Waals surface area contributed by atoms with Gasteiger partial charge in [0.15, 0.2) is 0 Å². The largest absolute Gasteiger partial charge is 0.392 e. The molecule has 0 spiro atoms. The Bertz CT molecular complexity index is 157. The number of rotatable bonds is 3. The minimum Gasteiger partial charge on any atom is -0.392 e. The molecule has 13 heavy (non-hydrogen) atoms. The van der Waals surface area contributed by atoms with E-state index in [2.05, 4.69) is 0 Å². The molecule has 1 heterocycles. The van der Waals surface area contributed by atoms with E-state index in [0.29, 0.717) is 11.4 Å². The highest BCUT2D eigenvalue weighted by molar-refractivity contribution is 8.00. The van der Waals surface area contributed by atoms with Gasteiger partial charge in [-0.25, -0.2) is 0 Å². The Morgan fingerprint density at radius 3 is 2.77 bits per heavy atom. The molecular formula is C10H18O2S. The molecule has 0 amide bonds. The van der Waals surface area contributed by atoms with Crippen LogP contribution in [0.2, 0.25) is 0 Å². The van der Waals surface area contributed by atoms with E-state index in [1.165, 1.54) is 25.7 Å². The van der Waals surface area contributed by atoms with E-state index in [4.69, 9.17) is 4.74 Å². The first-order chi connectivity index (χ1) is 6.36. The molecule has 0 aromatic rings. The molecule has 1 unspecified atom stereocenters. The highest BCUT2D eigenvalue weighted by atomic mass is 32.2. The van der Waals surface area contributed by atoms with Gasteiger partial charge in [0.05, 0.1) is 12.2 Å². The standard InChI is InChI=1S/C10H18O2S/c11-9-4-1-5-10(9)13-7-8-3-2-6-12-8/h8-11H,1-7H2/t8?,9-,10-/m1/s1. The zero-order valence-corrected chi connectivity index (χ0v) is 8.76. The van der Waals surface area contributed by atoms with Crippen molar-refractivity contribution >= 4 is 11.8 Å². The molecule has 76 valence electrons. The lowest BCUT2D eigenvalue weighted by atomic mass is 10.3. The van der Waals surface area contributed by atoms with Gasteiger partial charge in [-0.2, -0.15) is 11.8 Å². The van der Waals surface area contributed by atoms with Crippen molar-refractivity contribution in [3.05, 3.63) is 0 Å². The molecule has 1 aliphatic carbocycles. The van der Waals surface area contributed by atoms with Crippen molar-refractivity contribution in [2.75, 3.05) is 12.4 Å². The van der Waals surface area contributed by atoms with Crippen LogP contribution in [0.25, 0.3) is 0 Å². The molecular weight excluding hydrogens is 184 g/mol. The summed E-state index contributed by atoms with van der Waals surface area (Å²) in [7, 11) is 0. The lowest BCUT2D eigenvalue weighted by molar-refractivity contribution is 0.128. The second kappa shape index (κ2) is 4.67. The van der Waals surface area contributed by atoms with Crippen molar-refractivity contribution in [3.8, 4) is 0 Å². The smallest absolute Gasteiger partial charge is 0.0666 e. The van der Waals surface area contributed by atoms with Crippen molar-refractivity contribution in [2.45, 2.75) is 49.6 Å². The molecule has 2 nitrogen and oxygen atoms in total. The van der Waals surface area contributed by atoms with Gasteiger partial charge in [-0.3, -0.25) is 0 Å². The summed E-state index contributed by atoms with van der Waals surface area (Å²) in [6, 6.07) is 0. The predicted molar refractivity (Wildman–Crippen MR) is 55.1 cm³/mol. The Morgan fingerprint density at radius 2 is 2.15 bits per heavy atom. The molecule has 3 heteroatoms. The maximum Gasteiger partial charge on any atom is 0.0666 e. The fraction of sp³-hybridized carbons (Fsp3) is 1.00. The Labute approximate surface area is 84.0 Å². The molecule has 2 fully saturated rings. The third-order valence-corrected chi connectivity index (χ3v) is 4.48. The lowest BCUT2D eigenvalue weighted by Crippen LogP contribution is -2.19.